The molecule has 1 saturated heterocycles. The third kappa shape index (κ3) is 2.54. The molecule has 1 aromatic rings. The number of aliphatic hydroxyl groups is 1. The average molecular weight is 252 g/mol. The quantitative estimate of drug-likeness (QED) is 0.867. The SMILES string of the molecule is CCC(O)(c1ccc(F)cn1)C1CC(C)CCN1. The second-order valence-electron chi connectivity index (χ2n) is 5.28. The van der Waals surface area contributed by atoms with Crippen LogP contribution in [0, 0.1) is 11.7 Å². The van der Waals surface area contributed by atoms with Crippen molar-refractivity contribution < 1.29 is 9.50 Å². The Morgan fingerprint density at radius 1 is 1.56 bits per heavy atom. The van der Waals surface area contributed by atoms with Gasteiger partial charge in [-0.2, -0.15) is 0 Å². The highest BCUT2D eigenvalue weighted by Crippen LogP contribution is 2.33. The molecule has 0 amide bonds. The van der Waals surface area contributed by atoms with Gasteiger partial charge in [0.05, 0.1) is 11.9 Å². The van der Waals surface area contributed by atoms with Gasteiger partial charge in [0.2, 0.25) is 0 Å². The largest absolute Gasteiger partial charge is 0.382 e. The summed E-state index contributed by atoms with van der Waals surface area (Å²) in [7, 11) is 0. The number of hydrogen-bond acceptors (Lipinski definition) is 3. The molecule has 2 heterocycles. The van der Waals surface area contributed by atoms with Gasteiger partial charge in [0, 0.05) is 6.04 Å². The van der Waals surface area contributed by atoms with E-state index in [1.165, 1.54) is 12.3 Å². The number of hydrogen-bond donors (Lipinski definition) is 2. The number of nitrogens with one attached hydrogen (secondary N) is 1. The van der Waals surface area contributed by atoms with Gasteiger partial charge in [0.25, 0.3) is 0 Å². The number of rotatable bonds is 3. The standard InChI is InChI=1S/C14H21FN2O/c1-3-14(18,12-5-4-11(15)9-17-12)13-8-10(2)6-7-16-13/h4-5,9-10,13,16,18H,3,6-8H2,1-2H3. The Hall–Kier alpha value is -1.00. The molecule has 18 heavy (non-hydrogen) atoms. The summed E-state index contributed by atoms with van der Waals surface area (Å²) >= 11 is 0. The molecule has 0 bridgehead atoms. The number of halogens is 1. The van der Waals surface area contributed by atoms with Crippen molar-refractivity contribution in [2.45, 2.75) is 44.8 Å². The van der Waals surface area contributed by atoms with E-state index in [0.717, 1.165) is 19.4 Å². The lowest BCUT2D eigenvalue weighted by Gasteiger charge is -2.40. The van der Waals surface area contributed by atoms with Crippen LogP contribution in [0.3, 0.4) is 0 Å². The average Bonchev–Trinajstić information content (AvgIpc) is 2.38. The van der Waals surface area contributed by atoms with Crippen molar-refractivity contribution in [3.05, 3.63) is 29.8 Å². The zero-order chi connectivity index (χ0) is 13.2. The van der Waals surface area contributed by atoms with E-state index < -0.39 is 5.60 Å². The predicted octanol–water partition coefficient (Wildman–Crippen LogP) is 2.21. The van der Waals surface area contributed by atoms with Gasteiger partial charge in [-0.05, 0) is 43.9 Å². The van der Waals surface area contributed by atoms with E-state index in [1.807, 2.05) is 6.92 Å². The molecular formula is C14H21FN2O. The molecule has 2 rings (SSSR count). The maximum atomic E-state index is 12.9. The van der Waals surface area contributed by atoms with Crippen molar-refractivity contribution in [3.63, 3.8) is 0 Å². The van der Waals surface area contributed by atoms with Crippen LogP contribution >= 0.6 is 0 Å². The topological polar surface area (TPSA) is 45.2 Å². The Balaban J connectivity index is 2.26. The van der Waals surface area contributed by atoms with E-state index in [2.05, 4.69) is 17.2 Å². The van der Waals surface area contributed by atoms with Gasteiger partial charge in [0.15, 0.2) is 0 Å². The van der Waals surface area contributed by atoms with Gasteiger partial charge < -0.3 is 10.4 Å². The molecule has 1 aromatic heterocycles. The first-order valence-electron chi connectivity index (χ1n) is 6.64. The zero-order valence-corrected chi connectivity index (χ0v) is 11.0. The fraction of sp³-hybridized carbons (Fsp3) is 0.643. The van der Waals surface area contributed by atoms with Crippen molar-refractivity contribution in [3.8, 4) is 0 Å². The summed E-state index contributed by atoms with van der Waals surface area (Å²) in [6.45, 7) is 5.04. The third-order valence-electron chi connectivity index (χ3n) is 3.95. The highest BCUT2D eigenvalue weighted by molar-refractivity contribution is 5.17. The molecule has 0 saturated carbocycles. The van der Waals surface area contributed by atoms with Crippen LogP contribution in [-0.4, -0.2) is 22.7 Å². The van der Waals surface area contributed by atoms with E-state index in [-0.39, 0.29) is 11.9 Å². The summed E-state index contributed by atoms with van der Waals surface area (Å²) in [6, 6.07) is 2.93. The van der Waals surface area contributed by atoms with Crippen LogP contribution in [0.25, 0.3) is 0 Å². The zero-order valence-electron chi connectivity index (χ0n) is 11.0. The summed E-state index contributed by atoms with van der Waals surface area (Å²) < 4.78 is 12.9. The van der Waals surface area contributed by atoms with E-state index >= 15 is 0 Å². The van der Waals surface area contributed by atoms with Crippen LogP contribution in [0.15, 0.2) is 18.3 Å². The lowest BCUT2D eigenvalue weighted by Crippen LogP contribution is -2.52. The summed E-state index contributed by atoms with van der Waals surface area (Å²) in [5, 5.41) is 14.2. The van der Waals surface area contributed by atoms with Crippen LogP contribution in [0.4, 0.5) is 4.39 Å². The number of piperidine rings is 1. The second-order valence-corrected chi connectivity index (χ2v) is 5.28. The minimum atomic E-state index is -1.01. The fourth-order valence-electron chi connectivity index (χ4n) is 2.71. The van der Waals surface area contributed by atoms with Gasteiger partial charge in [-0.1, -0.05) is 13.8 Å². The number of aromatic nitrogens is 1. The Morgan fingerprint density at radius 2 is 2.33 bits per heavy atom. The van der Waals surface area contributed by atoms with E-state index in [0.29, 0.717) is 18.0 Å². The Bertz CT molecular complexity index is 395. The molecule has 0 spiro atoms. The highest BCUT2D eigenvalue weighted by Gasteiger charge is 2.39. The molecule has 3 unspecified atom stereocenters. The van der Waals surface area contributed by atoms with E-state index in [9.17, 15) is 9.50 Å². The molecule has 2 N–H and O–H groups in total. The number of pyridine rings is 1. The van der Waals surface area contributed by atoms with Crippen LogP contribution in [0.2, 0.25) is 0 Å². The molecule has 3 nitrogen and oxygen atoms in total. The molecule has 4 heteroatoms. The van der Waals surface area contributed by atoms with Gasteiger partial charge in [-0.3, -0.25) is 4.98 Å². The molecule has 0 aliphatic carbocycles. The smallest absolute Gasteiger partial charge is 0.141 e. The molecule has 1 aliphatic rings. The Kier molecular flexibility index (Phi) is 3.97. The summed E-state index contributed by atoms with van der Waals surface area (Å²) in [5.74, 6) is 0.219. The highest BCUT2D eigenvalue weighted by atomic mass is 19.1. The van der Waals surface area contributed by atoms with Gasteiger partial charge in [-0.15, -0.1) is 0 Å². The minimum absolute atomic E-state index is 0.00999. The molecule has 1 fully saturated rings. The van der Waals surface area contributed by atoms with Crippen molar-refractivity contribution in [1.29, 1.82) is 0 Å². The minimum Gasteiger partial charge on any atom is -0.382 e. The van der Waals surface area contributed by atoms with Crippen LogP contribution in [0.5, 0.6) is 0 Å². The Labute approximate surface area is 107 Å². The monoisotopic (exact) mass is 252 g/mol. The predicted molar refractivity (Wildman–Crippen MR) is 68.6 cm³/mol. The van der Waals surface area contributed by atoms with Crippen LogP contribution < -0.4 is 5.32 Å². The van der Waals surface area contributed by atoms with Crippen LogP contribution in [-0.2, 0) is 5.60 Å². The lowest BCUT2D eigenvalue weighted by molar-refractivity contribution is -0.0258. The van der Waals surface area contributed by atoms with E-state index in [1.54, 1.807) is 6.07 Å². The third-order valence-corrected chi connectivity index (χ3v) is 3.95. The fourth-order valence-corrected chi connectivity index (χ4v) is 2.71. The van der Waals surface area contributed by atoms with Crippen molar-refractivity contribution in [2.75, 3.05) is 6.54 Å². The first-order chi connectivity index (χ1) is 8.56. The van der Waals surface area contributed by atoms with Gasteiger partial charge in [-0.25, -0.2) is 4.39 Å². The molecular weight excluding hydrogens is 231 g/mol. The molecule has 3 atom stereocenters. The molecule has 0 aromatic carbocycles. The van der Waals surface area contributed by atoms with Gasteiger partial charge >= 0.3 is 0 Å². The van der Waals surface area contributed by atoms with Crippen molar-refractivity contribution in [1.82, 2.24) is 10.3 Å². The summed E-state index contributed by atoms with van der Waals surface area (Å²) in [4.78, 5) is 4.06. The molecule has 0 radical (unpaired) electrons. The van der Waals surface area contributed by atoms with Crippen molar-refractivity contribution in [2.24, 2.45) is 5.92 Å². The van der Waals surface area contributed by atoms with E-state index in [4.69, 9.17) is 0 Å². The first-order valence-corrected chi connectivity index (χ1v) is 6.64. The lowest BCUT2D eigenvalue weighted by atomic mass is 9.80. The summed E-state index contributed by atoms with van der Waals surface area (Å²) in [5.41, 5.74) is -0.458. The maximum Gasteiger partial charge on any atom is 0.141 e. The molecule has 100 valence electrons. The summed E-state index contributed by atoms with van der Waals surface area (Å²) in [6.07, 6.45) is 3.79. The first kappa shape index (κ1) is 13.4. The van der Waals surface area contributed by atoms with Crippen LogP contribution in [0.1, 0.15) is 38.8 Å². The maximum absolute atomic E-state index is 12.9. The second kappa shape index (κ2) is 5.33. The molecule has 1 aliphatic heterocycles. The van der Waals surface area contributed by atoms with Crippen molar-refractivity contribution >= 4 is 0 Å². The number of nitrogens with zero attached hydrogens (tertiary/aromatic N) is 1. The van der Waals surface area contributed by atoms with Gasteiger partial charge in [0.1, 0.15) is 11.4 Å². The normalized spacial score (nSPS) is 27.8. The Morgan fingerprint density at radius 3 is 2.89 bits per heavy atom.